The summed E-state index contributed by atoms with van der Waals surface area (Å²) < 4.78 is 49.5. The number of rotatable bonds is 4. The third-order valence-electron chi connectivity index (χ3n) is 7.34. The maximum atomic E-state index is 14.6. The van der Waals surface area contributed by atoms with Crippen LogP contribution in [0.5, 0.6) is 0 Å². The number of ether oxygens (including phenoxy) is 1. The van der Waals surface area contributed by atoms with E-state index in [1.807, 2.05) is 13.1 Å². The van der Waals surface area contributed by atoms with Crippen molar-refractivity contribution in [2.45, 2.75) is 44.9 Å². The second kappa shape index (κ2) is 8.78. The molecule has 0 radical (unpaired) electrons. The second-order valence-electron chi connectivity index (χ2n) is 9.61. The van der Waals surface area contributed by atoms with Gasteiger partial charge in [0.1, 0.15) is 6.10 Å². The highest BCUT2D eigenvalue weighted by Gasteiger charge is 2.43. The molecule has 6 rings (SSSR count). The van der Waals surface area contributed by atoms with E-state index in [9.17, 15) is 13.2 Å². The largest absolute Gasteiger partial charge is 0.369 e. The molecule has 4 atom stereocenters. The van der Waals surface area contributed by atoms with E-state index >= 15 is 0 Å². The fraction of sp³-hybridized carbons (Fsp3) is 0.500. The molecule has 184 valence electrons. The first-order valence-electron chi connectivity index (χ1n) is 12.0. The zero-order chi connectivity index (χ0) is 24.1. The Hall–Kier alpha value is -3.21. The van der Waals surface area contributed by atoms with E-state index in [1.54, 1.807) is 4.68 Å². The monoisotopic (exact) mass is 485 g/mol. The number of halogens is 3. The van der Waals surface area contributed by atoms with Crippen LogP contribution in [0.3, 0.4) is 0 Å². The lowest BCUT2D eigenvalue weighted by atomic mass is 9.92. The maximum Gasteiger partial charge on any atom is 0.242 e. The van der Waals surface area contributed by atoms with Crippen LogP contribution in [-0.2, 0) is 11.3 Å². The number of nitrogens with zero attached hydrogens (tertiary/aromatic N) is 6. The molecule has 3 aliphatic rings. The molecule has 4 heterocycles. The molecule has 1 N–H and O–H groups in total. The number of aryl methyl sites for hydroxylation is 2. The molecule has 1 saturated heterocycles. The van der Waals surface area contributed by atoms with Crippen molar-refractivity contribution in [1.29, 1.82) is 0 Å². The molecule has 1 saturated carbocycles. The minimum absolute atomic E-state index is 0.0827. The fourth-order valence-corrected chi connectivity index (χ4v) is 5.69. The molecule has 3 aromatic rings. The third-order valence-corrected chi connectivity index (χ3v) is 7.34. The summed E-state index contributed by atoms with van der Waals surface area (Å²) >= 11 is 0. The highest BCUT2D eigenvalue weighted by Crippen LogP contribution is 2.40. The molecule has 0 amide bonds. The number of hydrogen-bond acceptors (Lipinski definition) is 7. The van der Waals surface area contributed by atoms with Gasteiger partial charge in [-0.1, -0.05) is 0 Å². The predicted octanol–water partition coefficient (Wildman–Crippen LogP) is 3.63. The Kier molecular flexibility index (Phi) is 5.58. The predicted molar refractivity (Wildman–Crippen MR) is 121 cm³/mol. The molecule has 2 aromatic heterocycles. The summed E-state index contributed by atoms with van der Waals surface area (Å²) in [5.74, 6) is -2.33. The number of benzene rings is 1. The van der Waals surface area contributed by atoms with Crippen molar-refractivity contribution >= 4 is 11.6 Å². The van der Waals surface area contributed by atoms with E-state index in [2.05, 4.69) is 36.6 Å². The lowest BCUT2D eigenvalue weighted by Gasteiger charge is -2.39. The van der Waals surface area contributed by atoms with Crippen molar-refractivity contribution in [3.8, 4) is 0 Å². The summed E-state index contributed by atoms with van der Waals surface area (Å²) in [4.78, 5) is 7.01. The van der Waals surface area contributed by atoms with E-state index in [4.69, 9.17) is 4.74 Å². The van der Waals surface area contributed by atoms with Crippen molar-refractivity contribution in [3.63, 3.8) is 0 Å². The molecule has 1 aromatic carbocycles. The average Bonchev–Trinajstić information content (AvgIpc) is 3.25. The van der Waals surface area contributed by atoms with Crippen LogP contribution in [-0.4, -0.2) is 50.7 Å². The normalized spacial score (nSPS) is 25.9. The molecule has 0 spiro atoms. The van der Waals surface area contributed by atoms with Gasteiger partial charge >= 0.3 is 0 Å². The molecule has 11 heteroatoms. The smallest absolute Gasteiger partial charge is 0.242 e. The van der Waals surface area contributed by atoms with Gasteiger partial charge < -0.3 is 15.0 Å². The first-order chi connectivity index (χ1) is 17.0. The minimum Gasteiger partial charge on any atom is -0.369 e. The van der Waals surface area contributed by atoms with Crippen LogP contribution in [0.2, 0.25) is 0 Å². The molecular weight excluding hydrogens is 459 g/mol. The van der Waals surface area contributed by atoms with E-state index in [0.29, 0.717) is 43.2 Å². The van der Waals surface area contributed by atoms with Crippen molar-refractivity contribution in [3.05, 3.63) is 58.9 Å². The Morgan fingerprint density at radius 3 is 2.66 bits per heavy atom. The van der Waals surface area contributed by atoms with Crippen molar-refractivity contribution in [1.82, 2.24) is 25.0 Å². The minimum atomic E-state index is -1.51. The standard InChI is InChI=1S/C24H26F3N7O/c1-13-9-16(10-28-31-13)33-11-14-3-4-15(12-33)21(14)29-24-30-23-22(35-8-2-7-34(23)32-24)17-5-6-18(25)20(27)19(17)26/h5-6,9-10,14-15,21-22H,2-4,7-8,11-12H2,1H3,(H,29,32)/t14-,15+,21?,22-/m0/s1. The Morgan fingerprint density at radius 1 is 1.09 bits per heavy atom. The number of anilines is 2. The van der Waals surface area contributed by atoms with E-state index in [0.717, 1.165) is 43.4 Å². The van der Waals surface area contributed by atoms with E-state index in [-0.39, 0.29) is 11.6 Å². The van der Waals surface area contributed by atoms with Gasteiger partial charge in [-0.15, -0.1) is 5.10 Å². The van der Waals surface area contributed by atoms with Gasteiger partial charge in [0.05, 0.1) is 17.6 Å². The Morgan fingerprint density at radius 2 is 1.89 bits per heavy atom. The quantitative estimate of drug-likeness (QED) is 0.566. The summed E-state index contributed by atoms with van der Waals surface area (Å²) in [6.45, 7) is 4.63. The lowest BCUT2D eigenvalue weighted by molar-refractivity contribution is 0.0780. The topological polar surface area (TPSA) is 81.0 Å². The molecular formula is C24H26F3N7O. The molecule has 35 heavy (non-hydrogen) atoms. The second-order valence-corrected chi connectivity index (χ2v) is 9.61. The summed E-state index contributed by atoms with van der Waals surface area (Å²) in [6.07, 6.45) is 3.72. The summed E-state index contributed by atoms with van der Waals surface area (Å²) in [7, 11) is 0. The van der Waals surface area contributed by atoms with Gasteiger partial charge in [-0.25, -0.2) is 17.9 Å². The van der Waals surface area contributed by atoms with Crippen LogP contribution in [0.4, 0.5) is 24.8 Å². The van der Waals surface area contributed by atoms with Crippen molar-refractivity contribution < 1.29 is 17.9 Å². The fourth-order valence-electron chi connectivity index (χ4n) is 5.69. The molecule has 2 fully saturated rings. The highest BCUT2D eigenvalue weighted by molar-refractivity contribution is 5.46. The van der Waals surface area contributed by atoms with E-state index in [1.165, 1.54) is 6.07 Å². The van der Waals surface area contributed by atoms with Crippen LogP contribution in [0.25, 0.3) is 0 Å². The molecule has 2 aliphatic heterocycles. The number of nitrogens with one attached hydrogen (secondary N) is 1. The van der Waals surface area contributed by atoms with Crippen LogP contribution < -0.4 is 10.2 Å². The van der Waals surface area contributed by atoms with E-state index < -0.39 is 23.6 Å². The van der Waals surface area contributed by atoms with Gasteiger partial charge in [-0.05, 0) is 56.2 Å². The highest BCUT2D eigenvalue weighted by atomic mass is 19.2. The molecule has 2 bridgehead atoms. The van der Waals surface area contributed by atoms with Gasteiger partial charge in [0, 0.05) is 37.8 Å². The number of fused-ring (bicyclic) bond motifs is 3. The number of aromatic nitrogens is 5. The van der Waals surface area contributed by atoms with Gasteiger partial charge in [0.2, 0.25) is 5.95 Å². The zero-order valence-corrected chi connectivity index (χ0v) is 19.3. The van der Waals surface area contributed by atoms with Crippen LogP contribution in [0.1, 0.15) is 42.4 Å². The lowest BCUT2D eigenvalue weighted by Crippen LogP contribution is -2.48. The van der Waals surface area contributed by atoms with Crippen molar-refractivity contribution in [2.75, 3.05) is 29.9 Å². The molecule has 1 aliphatic carbocycles. The summed E-state index contributed by atoms with van der Waals surface area (Å²) in [6, 6.07) is 4.40. The SMILES string of the molecule is Cc1cc(N2C[C@H]3CC[C@@H](C2)C3Nc2nc3n(n2)CCCO[C@H]3c2ccc(F)c(F)c2F)cnn1. The average molecular weight is 486 g/mol. The van der Waals surface area contributed by atoms with Crippen LogP contribution in [0, 0.1) is 36.2 Å². The van der Waals surface area contributed by atoms with Crippen LogP contribution >= 0.6 is 0 Å². The van der Waals surface area contributed by atoms with Gasteiger partial charge in [0.15, 0.2) is 23.3 Å². The summed E-state index contributed by atoms with van der Waals surface area (Å²) in [5.41, 5.74) is 1.90. The Balaban J connectivity index is 1.24. The van der Waals surface area contributed by atoms with Crippen molar-refractivity contribution in [2.24, 2.45) is 11.8 Å². The van der Waals surface area contributed by atoms with Gasteiger partial charge in [-0.3, -0.25) is 0 Å². The zero-order valence-electron chi connectivity index (χ0n) is 19.3. The maximum absolute atomic E-state index is 14.6. The number of piperidine rings is 1. The number of hydrogen-bond donors (Lipinski definition) is 1. The molecule has 1 unspecified atom stereocenters. The van der Waals surface area contributed by atoms with Gasteiger partial charge in [0.25, 0.3) is 0 Å². The van der Waals surface area contributed by atoms with Gasteiger partial charge in [-0.2, -0.15) is 15.2 Å². The Labute approximate surface area is 200 Å². The molecule has 8 nitrogen and oxygen atoms in total. The summed E-state index contributed by atoms with van der Waals surface area (Å²) in [5, 5.41) is 16.3. The first-order valence-corrected chi connectivity index (χ1v) is 12.0. The Bertz CT molecular complexity index is 1240. The third kappa shape index (κ3) is 4.01. The van der Waals surface area contributed by atoms with Crippen LogP contribution in [0.15, 0.2) is 24.4 Å². The first kappa shape index (κ1) is 22.3.